The molecular formula is C16H13N3OS2. The van der Waals surface area contributed by atoms with Crippen LogP contribution in [-0.4, -0.2) is 17.1 Å². The minimum Gasteiger partial charge on any atom is -0.266 e. The highest BCUT2D eigenvalue weighted by Crippen LogP contribution is 2.27. The molecule has 2 heterocycles. The molecule has 1 amide bonds. The van der Waals surface area contributed by atoms with Crippen molar-refractivity contribution in [1.82, 2.24) is 10.4 Å². The van der Waals surface area contributed by atoms with Crippen molar-refractivity contribution in [2.45, 2.75) is 6.92 Å². The van der Waals surface area contributed by atoms with Crippen LogP contribution in [0.15, 0.2) is 52.9 Å². The lowest BCUT2D eigenvalue weighted by atomic mass is 10.2. The van der Waals surface area contributed by atoms with E-state index in [9.17, 15) is 4.79 Å². The number of benzene rings is 1. The minimum absolute atomic E-state index is 0.288. The molecule has 4 nitrogen and oxygen atoms in total. The summed E-state index contributed by atoms with van der Waals surface area (Å²) < 4.78 is 0. The molecule has 0 saturated carbocycles. The third kappa shape index (κ3) is 3.29. The number of hydrogen-bond donors (Lipinski definition) is 1. The van der Waals surface area contributed by atoms with Gasteiger partial charge in [0, 0.05) is 15.3 Å². The molecule has 0 aliphatic carbocycles. The molecule has 0 fully saturated rings. The molecule has 0 saturated heterocycles. The van der Waals surface area contributed by atoms with E-state index in [0.29, 0.717) is 5.69 Å². The highest BCUT2D eigenvalue weighted by molar-refractivity contribution is 7.15. The number of nitrogens with zero attached hydrogens (tertiary/aromatic N) is 2. The summed E-state index contributed by atoms with van der Waals surface area (Å²) in [5.41, 5.74) is 3.96. The van der Waals surface area contributed by atoms with Gasteiger partial charge >= 0.3 is 0 Å². The number of aromatic nitrogens is 1. The second-order valence-electron chi connectivity index (χ2n) is 4.50. The summed E-state index contributed by atoms with van der Waals surface area (Å²) in [5, 5.41) is 6.76. The van der Waals surface area contributed by atoms with Gasteiger partial charge in [-0.2, -0.15) is 5.10 Å². The van der Waals surface area contributed by atoms with Gasteiger partial charge in [-0.1, -0.05) is 36.4 Å². The maximum atomic E-state index is 12.2. The molecule has 3 aromatic rings. The molecular weight excluding hydrogens is 314 g/mol. The van der Waals surface area contributed by atoms with Crippen LogP contribution in [0.4, 0.5) is 0 Å². The van der Waals surface area contributed by atoms with Crippen LogP contribution in [0.3, 0.4) is 0 Å². The zero-order valence-corrected chi connectivity index (χ0v) is 13.4. The van der Waals surface area contributed by atoms with Crippen molar-refractivity contribution in [3.8, 4) is 10.6 Å². The number of aryl methyl sites for hydroxylation is 1. The molecule has 0 aliphatic heterocycles. The lowest BCUT2D eigenvalue weighted by molar-refractivity contribution is 0.0950. The van der Waals surface area contributed by atoms with E-state index in [1.807, 2.05) is 54.8 Å². The first-order valence-electron chi connectivity index (χ1n) is 6.64. The number of carbonyl (C=O) groups is 1. The van der Waals surface area contributed by atoms with Gasteiger partial charge < -0.3 is 0 Å². The molecule has 0 bridgehead atoms. The normalized spacial score (nSPS) is 11.0. The van der Waals surface area contributed by atoms with Crippen molar-refractivity contribution in [1.29, 1.82) is 0 Å². The number of hydrogen-bond acceptors (Lipinski definition) is 5. The van der Waals surface area contributed by atoms with E-state index >= 15 is 0 Å². The fourth-order valence-corrected chi connectivity index (χ4v) is 3.38. The number of hydrazone groups is 1. The Morgan fingerprint density at radius 3 is 2.77 bits per heavy atom. The number of rotatable bonds is 4. The summed E-state index contributed by atoms with van der Waals surface area (Å²) in [6.07, 6.45) is 1.63. The Balaban J connectivity index is 1.74. The smallest absolute Gasteiger partial charge is 0.266 e. The van der Waals surface area contributed by atoms with Crippen molar-refractivity contribution in [3.63, 3.8) is 0 Å². The van der Waals surface area contributed by atoms with Crippen LogP contribution in [0.5, 0.6) is 0 Å². The fourth-order valence-electron chi connectivity index (χ4n) is 1.88. The molecule has 0 aliphatic rings. The van der Waals surface area contributed by atoms with Gasteiger partial charge in [-0.05, 0) is 18.4 Å². The molecule has 0 atom stereocenters. The predicted octanol–water partition coefficient (Wildman–Crippen LogP) is 3.94. The lowest BCUT2D eigenvalue weighted by Crippen LogP contribution is -2.18. The van der Waals surface area contributed by atoms with Gasteiger partial charge in [0.15, 0.2) is 0 Å². The second-order valence-corrected chi connectivity index (χ2v) is 6.69. The van der Waals surface area contributed by atoms with Crippen LogP contribution >= 0.6 is 22.7 Å². The Kier molecular flexibility index (Phi) is 4.41. The third-order valence-corrected chi connectivity index (χ3v) is 4.76. The Morgan fingerprint density at radius 1 is 1.23 bits per heavy atom. The van der Waals surface area contributed by atoms with E-state index in [1.165, 1.54) is 11.3 Å². The summed E-state index contributed by atoms with van der Waals surface area (Å²) in [7, 11) is 0. The number of nitrogens with one attached hydrogen (secondary N) is 1. The van der Waals surface area contributed by atoms with Crippen LogP contribution in [0.2, 0.25) is 0 Å². The summed E-state index contributed by atoms with van der Waals surface area (Å²) in [6, 6.07) is 13.7. The monoisotopic (exact) mass is 327 g/mol. The average Bonchev–Trinajstić information content (AvgIpc) is 3.17. The Bertz CT molecular complexity index is 792. The standard InChI is InChI=1S/C16H13N3OS2/c1-11-14(15(20)19-17-10-13-8-5-9-21-13)18-16(22-11)12-6-3-2-4-7-12/h2-10H,1H3,(H,19,20)/b17-10-. The van der Waals surface area contributed by atoms with Crippen LogP contribution in [-0.2, 0) is 0 Å². The SMILES string of the molecule is Cc1sc(-c2ccccc2)nc1C(=O)N/N=C\c1cccs1. The van der Waals surface area contributed by atoms with Gasteiger partial charge in [-0.15, -0.1) is 22.7 Å². The summed E-state index contributed by atoms with van der Waals surface area (Å²) >= 11 is 3.07. The molecule has 1 aromatic carbocycles. The van der Waals surface area contributed by atoms with Crippen molar-refractivity contribution < 1.29 is 4.79 Å². The van der Waals surface area contributed by atoms with Gasteiger partial charge in [0.2, 0.25) is 0 Å². The van der Waals surface area contributed by atoms with Gasteiger partial charge in [0.25, 0.3) is 5.91 Å². The minimum atomic E-state index is -0.288. The Labute approximate surface area is 136 Å². The maximum Gasteiger partial charge on any atom is 0.291 e. The summed E-state index contributed by atoms with van der Waals surface area (Å²) in [6.45, 7) is 1.89. The maximum absolute atomic E-state index is 12.2. The molecule has 2 aromatic heterocycles. The number of carbonyl (C=O) groups excluding carboxylic acids is 1. The lowest BCUT2D eigenvalue weighted by Gasteiger charge is -1.96. The van der Waals surface area contributed by atoms with Crippen molar-refractivity contribution in [2.75, 3.05) is 0 Å². The van der Waals surface area contributed by atoms with Crippen molar-refractivity contribution in [2.24, 2.45) is 5.10 Å². The second kappa shape index (κ2) is 6.64. The number of amides is 1. The quantitative estimate of drug-likeness (QED) is 0.583. The first kappa shape index (κ1) is 14.6. The van der Waals surface area contributed by atoms with E-state index in [0.717, 1.165) is 20.3 Å². The van der Waals surface area contributed by atoms with E-state index < -0.39 is 0 Å². The van der Waals surface area contributed by atoms with Gasteiger partial charge in [0.1, 0.15) is 10.7 Å². The number of thiazole rings is 1. The predicted molar refractivity (Wildman–Crippen MR) is 91.7 cm³/mol. The molecule has 110 valence electrons. The third-order valence-electron chi connectivity index (χ3n) is 2.93. The number of thiophene rings is 1. The summed E-state index contributed by atoms with van der Waals surface area (Å²) in [4.78, 5) is 18.5. The van der Waals surface area contributed by atoms with E-state index in [-0.39, 0.29) is 5.91 Å². The highest BCUT2D eigenvalue weighted by Gasteiger charge is 2.15. The van der Waals surface area contributed by atoms with Gasteiger partial charge in [0.05, 0.1) is 6.21 Å². The highest BCUT2D eigenvalue weighted by atomic mass is 32.1. The first-order valence-corrected chi connectivity index (χ1v) is 8.33. The zero-order chi connectivity index (χ0) is 15.4. The fraction of sp³-hybridized carbons (Fsp3) is 0.0625. The molecule has 6 heteroatoms. The van der Waals surface area contributed by atoms with E-state index in [1.54, 1.807) is 17.6 Å². The topological polar surface area (TPSA) is 54.4 Å². The molecule has 3 rings (SSSR count). The van der Waals surface area contributed by atoms with E-state index in [2.05, 4.69) is 15.5 Å². The molecule has 1 N–H and O–H groups in total. The van der Waals surface area contributed by atoms with Crippen molar-refractivity contribution >= 4 is 34.8 Å². The first-order chi connectivity index (χ1) is 10.7. The van der Waals surface area contributed by atoms with Gasteiger partial charge in [-0.3, -0.25) is 4.79 Å². The molecule has 0 unspecified atom stereocenters. The molecule has 0 radical (unpaired) electrons. The summed E-state index contributed by atoms with van der Waals surface area (Å²) in [5.74, 6) is -0.288. The molecule has 22 heavy (non-hydrogen) atoms. The van der Waals surface area contributed by atoms with Crippen LogP contribution in [0.25, 0.3) is 10.6 Å². The van der Waals surface area contributed by atoms with E-state index in [4.69, 9.17) is 0 Å². The Hall–Kier alpha value is -2.31. The van der Waals surface area contributed by atoms with Crippen LogP contribution in [0.1, 0.15) is 20.2 Å². The zero-order valence-electron chi connectivity index (χ0n) is 11.8. The van der Waals surface area contributed by atoms with Crippen molar-refractivity contribution in [3.05, 3.63) is 63.3 Å². The van der Waals surface area contributed by atoms with Gasteiger partial charge in [-0.25, -0.2) is 10.4 Å². The van der Waals surface area contributed by atoms with Crippen LogP contribution < -0.4 is 5.43 Å². The average molecular weight is 327 g/mol. The molecule has 0 spiro atoms. The largest absolute Gasteiger partial charge is 0.291 e. The Morgan fingerprint density at radius 2 is 2.05 bits per heavy atom. The van der Waals surface area contributed by atoms with Crippen LogP contribution in [0, 0.1) is 6.92 Å².